The first-order valence-corrected chi connectivity index (χ1v) is 7.94. The summed E-state index contributed by atoms with van der Waals surface area (Å²) in [6, 6.07) is 1.99. The fraction of sp³-hybridized carbons (Fsp3) is 0.231. The maximum absolute atomic E-state index is 11.4. The molecule has 3 rings (SSSR count). The van der Waals surface area contributed by atoms with Crippen molar-refractivity contribution in [3.8, 4) is 10.6 Å². The van der Waals surface area contributed by atoms with E-state index < -0.39 is 5.97 Å². The Morgan fingerprint density at radius 1 is 1.43 bits per heavy atom. The lowest BCUT2D eigenvalue weighted by molar-refractivity contribution is 0.0691. The molecule has 108 valence electrons. The lowest BCUT2D eigenvalue weighted by Crippen LogP contribution is -2.05. The number of carboxylic acids is 1. The minimum Gasteiger partial charge on any atom is -0.476 e. The number of nitrogens with zero attached hydrogens (tertiary/aromatic N) is 4. The van der Waals surface area contributed by atoms with Crippen molar-refractivity contribution in [3.05, 3.63) is 38.8 Å². The second kappa shape index (κ2) is 5.38. The molecule has 0 saturated heterocycles. The van der Waals surface area contributed by atoms with Crippen molar-refractivity contribution in [2.75, 3.05) is 0 Å². The van der Waals surface area contributed by atoms with Gasteiger partial charge in [0.1, 0.15) is 5.69 Å². The van der Waals surface area contributed by atoms with Crippen LogP contribution >= 0.6 is 22.7 Å². The van der Waals surface area contributed by atoms with Crippen molar-refractivity contribution in [3.63, 3.8) is 0 Å². The monoisotopic (exact) mass is 320 g/mol. The van der Waals surface area contributed by atoms with Gasteiger partial charge in [-0.1, -0.05) is 5.21 Å². The molecule has 8 heteroatoms. The van der Waals surface area contributed by atoms with E-state index in [4.69, 9.17) is 0 Å². The average Bonchev–Trinajstić information content (AvgIpc) is 3.11. The highest BCUT2D eigenvalue weighted by atomic mass is 32.1. The number of carboxylic acid groups (broad SMARTS) is 1. The number of aryl methyl sites for hydroxylation is 2. The van der Waals surface area contributed by atoms with Gasteiger partial charge in [0.2, 0.25) is 0 Å². The van der Waals surface area contributed by atoms with Crippen LogP contribution in [0.4, 0.5) is 0 Å². The summed E-state index contributed by atoms with van der Waals surface area (Å²) in [5.74, 6) is -1.08. The molecular weight excluding hydrogens is 308 g/mol. The van der Waals surface area contributed by atoms with Crippen molar-refractivity contribution < 1.29 is 9.90 Å². The van der Waals surface area contributed by atoms with Gasteiger partial charge in [0.15, 0.2) is 5.69 Å². The second-order valence-electron chi connectivity index (χ2n) is 4.53. The van der Waals surface area contributed by atoms with Crippen LogP contribution in [0.3, 0.4) is 0 Å². The zero-order valence-corrected chi connectivity index (χ0v) is 13.0. The van der Waals surface area contributed by atoms with Crippen LogP contribution in [0.2, 0.25) is 0 Å². The van der Waals surface area contributed by atoms with Crippen molar-refractivity contribution >= 4 is 28.6 Å². The van der Waals surface area contributed by atoms with E-state index in [0.29, 0.717) is 12.2 Å². The summed E-state index contributed by atoms with van der Waals surface area (Å²) in [5.41, 5.74) is 2.37. The SMILES string of the molecule is Cc1nc(C)c(-c2c(C(=O)O)nnn2Cc2ccsc2)s1. The van der Waals surface area contributed by atoms with Crippen LogP contribution in [0.25, 0.3) is 10.6 Å². The number of aromatic nitrogens is 4. The first-order valence-electron chi connectivity index (χ1n) is 6.18. The van der Waals surface area contributed by atoms with Crippen LogP contribution in [0.15, 0.2) is 16.8 Å². The number of hydrogen-bond acceptors (Lipinski definition) is 6. The number of aromatic carboxylic acids is 1. The van der Waals surface area contributed by atoms with E-state index in [1.807, 2.05) is 30.7 Å². The Labute approximate surface area is 128 Å². The van der Waals surface area contributed by atoms with Gasteiger partial charge in [0, 0.05) is 0 Å². The zero-order valence-electron chi connectivity index (χ0n) is 11.4. The zero-order chi connectivity index (χ0) is 15.0. The summed E-state index contributed by atoms with van der Waals surface area (Å²) < 4.78 is 1.63. The van der Waals surface area contributed by atoms with E-state index in [1.54, 1.807) is 16.0 Å². The van der Waals surface area contributed by atoms with Gasteiger partial charge in [0.25, 0.3) is 0 Å². The molecule has 0 atom stereocenters. The smallest absolute Gasteiger partial charge is 0.358 e. The molecule has 0 radical (unpaired) electrons. The third kappa shape index (κ3) is 2.59. The van der Waals surface area contributed by atoms with Gasteiger partial charge < -0.3 is 5.11 Å². The molecule has 1 N–H and O–H groups in total. The summed E-state index contributed by atoms with van der Waals surface area (Å²) >= 11 is 3.05. The maximum atomic E-state index is 11.4. The molecule has 0 aliphatic heterocycles. The van der Waals surface area contributed by atoms with Crippen LogP contribution in [0.1, 0.15) is 26.8 Å². The maximum Gasteiger partial charge on any atom is 0.358 e. The molecule has 3 aromatic rings. The summed E-state index contributed by atoms with van der Waals surface area (Å²) in [6.45, 7) is 4.26. The summed E-state index contributed by atoms with van der Waals surface area (Å²) in [6.07, 6.45) is 0. The van der Waals surface area contributed by atoms with Gasteiger partial charge in [-0.25, -0.2) is 14.5 Å². The molecule has 0 fully saturated rings. The van der Waals surface area contributed by atoms with Crippen LogP contribution in [0, 0.1) is 13.8 Å². The third-order valence-corrected chi connectivity index (χ3v) is 4.78. The fourth-order valence-corrected chi connectivity index (χ4v) is 3.73. The highest BCUT2D eigenvalue weighted by Crippen LogP contribution is 2.32. The van der Waals surface area contributed by atoms with Crippen LogP contribution in [0.5, 0.6) is 0 Å². The van der Waals surface area contributed by atoms with Crippen LogP contribution in [-0.2, 0) is 6.54 Å². The normalized spacial score (nSPS) is 11.0. The van der Waals surface area contributed by atoms with E-state index in [1.165, 1.54) is 11.3 Å². The van der Waals surface area contributed by atoms with Gasteiger partial charge in [-0.3, -0.25) is 0 Å². The van der Waals surface area contributed by atoms with Crippen molar-refractivity contribution in [2.45, 2.75) is 20.4 Å². The third-order valence-electron chi connectivity index (χ3n) is 2.97. The molecule has 0 bridgehead atoms. The van der Waals surface area contributed by atoms with Gasteiger partial charge >= 0.3 is 5.97 Å². The Bertz CT molecular complexity index is 789. The molecule has 0 unspecified atom stereocenters. The molecule has 0 aliphatic rings. The molecule has 0 aromatic carbocycles. The predicted octanol–water partition coefficient (Wildman–Crippen LogP) is 2.83. The van der Waals surface area contributed by atoms with Crippen LogP contribution in [-0.4, -0.2) is 31.1 Å². The molecule has 21 heavy (non-hydrogen) atoms. The number of rotatable bonds is 4. The summed E-state index contributed by atoms with van der Waals surface area (Å²) in [7, 11) is 0. The average molecular weight is 320 g/mol. The highest BCUT2D eigenvalue weighted by molar-refractivity contribution is 7.15. The first kappa shape index (κ1) is 13.9. The molecule has 0 amide bonds. The molecule has 0 saturated carbocycles. The van der Waals surface area contributed by atoms with Gasteiger partial charge in [-0.05, 0) is 36.2 Å². The van der Waals surface area contributed by atoms with Gasteiger partial charge in [-0.15, -0.1) is 16.4 Å². The van der Waals surface area contributed by atoms with E-state index in [2.05, 4.69) is 15.3 Å². The Morgan fingerprint density at radius 3 is 2.81 bits per heavy atom. The number of thiazole rings is 1. The molecule has 0 aliphatic carbocycles. The molecular formula is C13H12N4O2S2. The minimum absolute atomic E-state index is 0.0306. The highest BCUT2D eigenvalue weighted by Gasteiger charge is 2.24. The summed E-state index contributed by atoms with van der Waals surface area (Å²) in [5, 5.41) is 22.0. The Morgan fingerprint density at radius 2 is 2.24 bits per heavy atom. The fourth-order valence-electron chi connectivity index (χ4n) is 2.10. The van der Waals surface area contributed by atoms with Crippen molar-refractivity contribution in [1.29, 1.82) is 0 Å². The number of carbonyl (C=O) groups is 1. The Kier molecular flexibility index (Phi) is 3.56. The molecule has 3 aromatic heterocycles. The lowest BCUT2D eigenvalue weighted by Gasteiger charge is -2.05. The van der Waals surface area contributed by atoms with E-state index in [-0.39, 0.29) is 5.69 Å². The molecule has 0 spiro atoms. The topological polar surface area (TPSA) is 80.9 Å². The molecule has 6 nitrogen and oxygen atoms in total. The first-order chi connectivity index (χ1) is 10.1. The lowest BCUT2D eigenvalue weighted by atomic mass is 10.2. The Balaban J connectivity index is 2.13. The second-order valence-corrected chi connectivity index (χ2v) is 6.51. The standard InChI is InChI=1S/C13H12N4O2S2/c1-7-12(21-8(2)14-7)11-10(13(18)19)15-16-17(11)5-9-3-4-20-6-9/h3-4,6H,5H2,1-2H3,(H,18,19). The largest absolute Gasteiger partial charge is 0.476 e. The van der Waals surface area contributed by atoms with E-state index >= 15 is 0 Å². The van der Waals surface area contributed by atoms with Crippen LogP contribution < -0.4 is 0 Å². The van der Waals surface area contributed by atoms with Gasteiger partial charge in [0.05, 0.1) is 22.1 Å². The van der Waals surface area contributed by atoms with Crippen molar-refractivity contribution in [2.24, 2.45) is 0 Å². The van der Waals surface area contributed by atoms with E-state index in [0.717, 1.165) is 21.1 Å². The summed E-state index contributed by atoms with van der Waals surface area (Å²) in [4.78, 5) is 16.6. The predicted molar refractivity (Wildman–Crippen MR) is 81.0 cm³/mol. The number of hydrogen-bond donors (Lipinski definition) is 1. The Hall–Kier alpha value is -2.06. The van der Waals surface area contributed by atoms with E-state index in [9.17, 15) is 9.90 Å². The van der Waals surface area contributed by atoms with Gasteiger partial charge in [-0.2, -0.15) is 11.3 Å². The molecule has 3 heterocycles. The quantitative estimate of drug-likeness (QED) is 0.799. The van der Waals surface area contributed by atoms with Crippen molar-refractivity contribution in [1.82, 2.24) is 20.0 Å². The minimum atomic E-state index is -1.08. The number of thiophene rings is 1.